The number of rotatable bonds is 3. The first-order valence-corrected chi connectivity index (χ1v) is 7.64. The molecule has 3 nitrogen and oxygen atoms in total. The molecule has 1 aromatic carbocycles. The number of halogens is 2. The molecule has 0 bridgehead atoms. The van der Waals surface area contributed by atoms with Crippen LogP contribution in [0.25, 0.3) is 0 Å². The zero-order valence-electron chi connectivity index (χ0n) is 12.6. The van der Waals surface area contributed by atoms with Gasteiger partial charge in [0.1, 0.15) is 5.82 Å². The Labute approximate surface area is 132 Å². The quantitative estimate of drug-likeness (QED) is 0.921. The SMILES string of the molecule is Cc1ccc(F)c(CN2CCC(N3CCNCC3)C2)c1.Cl. The van der Waals surface area contributed by atoms with Gasteiger partial charge in [-0.3, -0.25) is 9.80 Å². The summed E-state index contributed by atoms with van der Waals surface area (Å²) in [7, 11) is 0. The molecule has 0 spiro atoms. The van der Waals surface area contributed by atoms with Gasteiger partial charge in [0.15, 0.2) is 0 Å². The third-order valence-electron chi connectivity index (χ3n) is 4.51. The van der Waals surface area contributed by atoms with Gasteiger partial charge in [-0.25, -0.2) is 4.39 Å². The van der Waals surface area contributed by atoms with Crippen LogP contribution in [0.3, 0.4) is 0 Å². The van der Waals surface area contributed by atoms with Crippen LogP contribution in [0, 0.1) is 12.7 Å². The van der Waals surface area contributed by atoms with E-state index in [0.717, 1.165) is 56.9 Å². The van der Waals surface area contributed by atoms with E-state index < -0.39 is 0 Å². The van der Waals surface area contributed by atoms with Gasteiger partial charge < -0.3 is 5.32 Å². The lowest BCUT2D eigenvalue weighted by atomic mass is 10.1. The van der Waals surface area contributed by atoms with Crippen LogP contribution >= 0.6 is 12.4 Å². The van der Waals surface area contributed by atoms with Crippen molar-refractivity contribution in [1.82, 2.24) is 15.1 Å². The van der Waals surface area contributed by atoms with Gasteiger partial charge in [-0.15, -0.1) is 12.4 Å². The second-order valence-electron chi connectivity index (χ2n) is 6.06. The molecule has 0 aliphatic carbocycles. The fourth-order valence-corrected chi connectivity index (χ4v) is 3.37. The highest BCUT2D eigenvalue weighted by molar-refractivity contribution is 5.85. The molecule has 0 aromatic heterocycles. The number of hydrogen-bond donors (Lipinski definition) is 1. The Morgan fingerprint density at radius 3 is 2.76 bits per heavy atom. The van der Waals surface area contributed by atoms with Crippen molar-refractivity contribution in [3.8, 4) is 0 Å². The van der Waals surface area contributed by atoms with Crippen LogP contribution in [0.4, 0.5) is 4.39 Å². The first-order valence-electron chi connectivity index (χ1n) is 7.64. The molecule has 2 aliphatic heterocycles. The topological polar surface area (TPSA) is 18.5 Å². The van der Waals surface area contributed by atoms with E-state index in [1.165, 1.54) is 6.42 Å². The molecular formula is C16H25ClFN3. The first kappa shape index (κ1) is 16.7. The van der Waals surface area contributed by atoms with Crippen LogP contribution in [0.1, 0.15) is 17.5 Å². The monoisotopic (exact) mass is 313 g/mol. The molecule has 1 atom stereocenters. The minimum atomic E-state index is -0.0683. The average molecular weight is 314 g/mol. The Kier molecular flexibility index (Phi) is 5.99. The Morgan fingerprint density at radius 2 is 2.00 bits per heavy atom. The number of nitrogens with zero attached hydrogens (tertiary/aromatic N) is 2. The predicted octanol–water partition coefficient (Wildman–Crippen LogP) is 2.04. The lowest BCUT2D eigenvalue weighted by Crippen LogP contribution is -2.49. The summed E-state index contributed by atoms with van der Waals surface area (Å²) in [6, 6.07) is 6.07. The van der Waals surface area contributed by atoms with E-state index in [-0.39, 0.29) is 18.2 Å². The number of likely N-dealkylation sites (tertiary alicyclic amines) is 1. The van der Waals surface area contributed by atoms with Gasteiger partial charge in [0.25, 0.3) is 0 Å². The smallest absolute Gasteiger partial charge is 0.127 e. The summed E-state index contributed by atoms with van der Waals surface area (Å²) in [4.78, 5) is 4.98. The number of aryl methyl sites for hydroxylation is 1. The molecule has 21 heavy (non-hydrogen) atoms. The maximum absolute atomic E-state index is 13.8. The number of benzene rings is 1. The van der Waals surface area contributed by atoms with Crippen LogP contribution in [0.2, 0.25) is 0 Å². The summed E-state index contributed by atoms with van der Waals surface area (Å²) in [5, 5.41) is 3.40. The molecule has 1 unspecified atom stereocenters. The molecule has 118 valence electrons. The van der Waals surface area contributed by atoms with Crippen LogP contribution in [0.15, 0.2) is 18.2 Å². The largest absolute Gasteiger partial charge is 0.314 e. The normalized spacial score (nSPS) is 24.0. The van der Waals surface area contributed by atoms with Gasteiger partial charge >= 0.3 is 0 Å². The first-order chi connectivity index (χ1) is 9.72. The van der Waals surface area contributed by atoms with Crippen molar-refractivity contribution in [2.24, 2.45) is 0 Å². The highest BCUT2D eigenvalue weighted by Gasteiger charge is 2.28. The van der Waals surface area contributed by atoms with Crippen molar-refractivity contribution in [3.63, 3.8) is 0 Å². The highest BCUT2D eigenvalue weighted by atomic mass is 35.5. The summed E-state index contributed by atoms with van der Waals surface area (Å²) in [6.07, 6.45) is 1.22. The number of nitrogens with one attached hydrogen (secondary N) is 1. The Bertz CT molecular complexity index is 463. The van der Waals surface area contributed by atoms with Crippen LogP contribution in [0.5, 0.6) is 0 Å². The van der Waals surface area contributed by atoms with Gasteiger partial charge in [0.05, 0.1) is 0 Å². The molecule has 0 amide bonds. The van der Waals surface area contributed by atoms with Crippen molar-refractivity contribution < 1.29 is 4.39 Å². The summed E-state index contributed by atoms with van der Waals surface area (Å²) in [5.74, 6) is -0.0683. The molecule has 2 heterocycles. The van der Waals surface area contributed by atoms with Crippen molar-refractivity contribution in [2.75, 3.05) is 39.3 Å². The Morgan fingerprint density at radius 1 is 1.24 bits per heavy atom. The van der Waals surface area contributed by atoms with E-state index in [0.29, 0.717) is 6.04 Å². The number of hydrogen-bond acceptors (Lipinski definition) is 3. The molecule has 2 fully saturated rings. The summed E-state index contributed by atoms with van der Waals surface area (Å²) >= 11 is 0. The van der Waals surface area contributed by atoms with Crippen LogP contribution in [-0.2, 0) is 6.54 Å². The van der Waals surface area contributed by atoms with Crippen molar-refractivity contribution in [1.29, 1.82) is 0 Å². The molecule has 0 radical (unpaired) electrons. The van der Waals surface area contributed by atoms with E-state index in [9.17, 15) is 4.39 Å². The molecule has 1 aromatic rings. The summed E-state index contributed by atoms with van der Waals surface area (Å²) in [5.41, 5.74) is 1.98. The Balaban J connectivity index is 0.00000161. The lowest BCUT2D eigenvalue weighted by molar-refractivity contribution is 0.170. The van der Waals surface area contributed by atoms with E-state index >= 15 is 0 Å². The zero-order chi connectivity index (χ0) is 13.9. The zero-order valence-corrected chi connectivity index (χ0v) is 13.5. The van der Waals surface area contributed by atoms with Gasteiger partial charge in [0.2, 0.25) is 0 Å². The molecule has 2 aliphatic rings. The molecular weight excluding hydrogens is 289 g/mol. The van der Waals surface area contributed by atoms with E-state index in [1.54, 1.807) is 6.07 Å². The molecule has 0 saturated carbocycles. The average Bonchev–Trinajstić information content (AvgIpc) is 2.92. The fraction of sp³-hybridized carbons (Fsp3) is 0.625. The van der Waals surface area contributed by atoms with E-state index in [2.05, 4.69) is 15.1 Å². The lowest BCUT2D eigenvalue weighted by Gasteiger charge is -2.32. The maximum Gasteiger partial charge on any atom is 0.127 e. The molecule has 3 rings (SSSR count). The predicted molar refractivity (Wildman–Crippen MR) is 86.5 cm³/mol. The number of piperazine rings is 1. The van der Waals surface area contributed by atoms with Gasteiger partial charge in [-0.05, 0) is 19.4 Å². The van der Waals surface area contributed by atoms with Gasteiger partial charge in [-0.2, -0.15) is 0 Å². The minimum Gasteiger partial charge on any atom is -0.314 e. The van der Waals surface area contributed by atoms with Gasteiger partial charge in [-0.1, -0.05) is 17.7 Å². The van der Waals surface area contributed by atoms with Crippen molar-refractivity contribution >= 4 is 12.4 Å². The Hall–Kier alpha value is -0.680. The van der Waals surface area contributed by atoms with Crippen molar-refractivity contribution in [2.45, 2.75) is 25.9 Å². The third-order valence-corrected chi connectivity index (χ3v) is 4.51. The molecule has 1 N–H and O–H groups in total. The van der Waals surface area contributed by atoms with Gasteiger partial charge in [0, 0.05) is 57.4 Å². The third kappa shape index (κ3) is 4.16. The maximum atomic E-state index is 13.8. The highest BCUT2D eigenvalue weighted by Crippen LogP contribution is 2.20. The van der Waals surface area contributed by atoms with E-state index in [1.807, 2.05) is 19.1 Å². The second-order valence-corrected chi connectivity index (χ2v) is 6.06. The van der Waals surface area contributed by atoms with Crippen LogP contribution in [-0.4, -0.2) is 55.1 Å². The minimum absolute atomic E-state index is 0. The summed E-state index contributed by atoms with van der Waals surface area (Å²) < 4.78 is 13.8. The standard InChI is InChI=1S/C16H24FN3.ClH/c1-13-2-3-16(17)14(10-13)11-19-7-4-15(12-19)20-8-5-18-6-9-20;/h2-3,10,15,18H,4-9,11-12H2,1H3;1H. The molecule has 2 saturated heterocycles. The fourth-order valence-electron chi connectivity index (χ4n) is 3.37. The van der Waals surface area contributed by atoms with E-state index in [4.69, 9.17) is 0 Å². The second kappa shape index (κ2) is 7.54. The molecule has 5 heteroatoms. The summed E-state index contributed by atoms with van der Waals surface area (Å²) in [6.45, 7) is 9.43. The van der Waals surface area contributed by atoms with Crippen LogP contribution < -0.4 is 5.32 Å². The van der Waals surface area contributed by atoms with Crippen molar-refractivity contribution in [3.05, 3.63) is 35.1 Å².